The third kappa shape index (κ3) is 3.58. The maximum Gasteiger partial charge on any atom is 0.254 e. The molecule has 1 saturated carbocycles. The Bertz CT molecular complexity index is 504. The number of rotatable bonds is 4. The van der Waals surface area contributed by atoms with E-state index >= 15 is 0 Å². The minimum Gasteiger partial charge on any atom is -0.336 e. The molecular formula is C17H25ClN2O. The van der Waals surface area contributed by atoms with Gasteiger partial charge < -0.3 is 10.6 Å². The SMILES string of the molecule is CCN(C(=O)c1cc(Cl)ccc1C)C1CCCCC1CN. The number of halogens is 1. The molecule has 0 spiro atoms. The summed E-state index contributed by atoms with van der Waals surface area (Å²) in [5.74, 6) is 0.505. The van der Waals surface area contributed by atoms with Crippen molar-refractivity contribution in [1.82, 2.24) is 4.90 Å². The number of hydrogen-bond acceptors (Lipinski definition) is 2. The van der Waals surface area contributed by atoms with Crippen LogP contribution >= 0.6 is 11.6 Å². The van der Waals surface area contributed by atoms with Crippen LogP contribution in [0.1, 0.15) is 48.5 Å². The van der Waals surface area contributed by atoms with Gasteiger partial charge in [0, 0.05) is 23.2 Å². The van der Waals surface area contributed by atoms with Crippen LogP contribution in [0.15, 0.2) is 18.2 Å². The quantitative estimate of drug-likeness (QED) is 0.923. The van der Waals surface area contributed by atoms with Gasteiger partial charge in [0.25, 0.3) is 5.91 Å². The summed E-state index contributed by atoms with van der Waals surface area (Å²) in [6, 6.07) is 5.78. The number of amides is 1. The monoisotopic (exact) mass is 308 g/mol. The van der Waals surface area contributed by atoms with Gasteiger partial charge in [-0.1, -0.05) is 30.5 Å². The maximum absolute atomic E-state index is 12.9. The first-order valence-electron chi connectivity index (χ1n) is 7.85. The van der Waals surface area contributed by atoms with E-state index in [0.717, 1.165) is 18.4 Å². The molecule has 2 unspecified atom stereocenters. The molecule has 0 bridgehead atoms. The predicted octanol–water partition coefficient (Wildman–Crippen LogP) is 3.63. The van der Waals surface area contributed by atoms with Gasteiger partial charge >= 0.3 is 0 Å². The molecule has 1 aromatic rings. The molecule has 0 aromatic heterocycles. The Morgan fingerprint density at radius 2 is 2.10 bits per heavy atom. The molecule has 1 aliphatic carbocycles. The van der Waals surface area contributed by atoms with Crippen molar-refractivity contribution < 1.29 is 4.79 Å². The second-order valence-electron chi connectivity index (χ2n) is 5.90. The van der Waals surface area contributed by atoms with E-state index in [1.807, 2.05) is 30.9 Å². The zero-order valence-corrected chi connectivity index (χ0v) is 13.7. The Kier molecular flexibility index (Phi) is 5.65. The topological polar surface area (TPSA) is 46.3 Å². The van der Waals surface area contributed by atoms with Crippen LogP contribution in [-0.2, 0) is 0 Å². The van der Waals surface area contributed by atoms with E-state index in [4.69, 9.17) is 17.3 Å². The Labute approximate surface area is 132 Å². The first-order valence-corrected chi connectivity index (χ1v) is 8.23. The van der Waals surface area contributed by atoms with Crippen LogP contribution in [0.3, 0.4) is 0 Å². The second kappa shape index (κ2) is 7.28. The van der Waals surface area contributed by atoms with Crippen molar-refractivity contribution in [2.45, 2.75) is 45.6 Å². The van der Waals surface area contributed by atoms with Gasteiger partial charge in [0.2, 0.25) is 0 Å². The summed E-state index contributed by atoms with van der Waals surface area (Å²) in [6.07, 6.45) is 4.58. The summed E-state index contributed by atoms with van der Waals surface area (Å²) >= 11 is 6.06. The summed E-state index contributed by atoms with van der Waals surface area (Å²) in [4.78, 5) is 14.9. The van der Waals surface area contributed by atoms with Crippen LogP contribution in [0, 0.1) is 12.8 Å². The van der Waals surface area contributed by atoms with Gasteiger partial charge in [0.15, 0.2) is 0 Å². The van der Waals surface area contributed by atoms with Gasteiger partial charge in [-0.05, 0) is 56.8 Å². The van der Waals surface area contributed by atoms with E-state index in [9.17, 15) is 4.79 Å². The fourth-order valence-corrected chi connectivity index (χ4v) is 3.55. The molecule has 2 N–H and O–H groups in total. The molecule has 116 valence electrons. The molecule has 1 amide bonds. The molecule has 4 heteroatoms. The summed E-state index contributed by atoms with van der Waals surface area (Å²) in [7, 11) is 0. The minimum absolute atomic E-state index is 0.0860. The summed E-state index contributed by atoms with van der Waals surface area (Å²) in [5, 5.41) is 0.610. The van der Waals surface area contributed by atoms with E-state index in [2.05, 4.69) is 0 Å². The van der Waals surface area contributed by atoms with Gasteiger partial charge in [0.1, 0.15) is 0 Å². The zero-order chi connectivity index (χ0) is 15.4. The number of nitrogens with zero attached hydrogens (tertiary/aromatic N) is 1. The molecular weight excluding hydrogens is 284 g/mol. The Balaban J connectivity index is 2.27. The number of nitrogens with two attached hydrogens (primary N) is 1. The highest BCUT2D eigenvalue weighted by atomic mass is 35.5. The highest BCUT2D eigenvalue weighted by Gasteiger charge is 2.32. The lowest BCUT2D eigenvalue weighted by molar-refractivity contribution is 0.0559. The van der Waals surface area contributed by atoms with Crippen LogP contribution in [0.5, 0.6) is 0 Å². The number of benzene rings is 1. The minimum atomic E-state index is 0.0860. The maximum atomic E-state index is 12.9. The van der Waals surface area contributed by atoms with E-state index < -0.39 is 0 Å². The van der Waals surface area contributed by atoms with E-state index in [1.54, 1.807) is 6.07 Å². The molecule has 1 aliphatic rings. The second-order valence-corrected chi connectivity index (χ2v) is 6.33. The largest absolute Gasteiger partial charge is 0.336 e. The molecule has 2 atom stereocenters. The number of carbonyl (C=O) groups excluding carboxylic acids is 1. The third-order valence-electron chi connectivity index (χ3n) is 4.60. The molecule has 0 aliphatic heterocycles. The predicted molar refractivity (Wildman–Crippen MR) is 87.7 cm³/mol. The van der Waals surface area contributed by atoms with Crippen molar-refractivity contribution in [1.29, 1.82) is 0 Å². The highest BCUT2D eigenvalue weighted by Crippen LogP contribution is 2.29. The molecule has 1 fully saturated rings. The highest BCUT2D eigenvalue weighted by molar-refractivity contribution is 6.31. The third-order valence-corrected chi connectivity index (χ3v) is 4.84. The number of carbonyl (C=O) groups is 1. The average Bonchev–Trinajstić information content (AvgIpc) is 2.50. The lowest BCUT2D eigenvalue weighted by Gasteiger charge is -2.39. The van der Waals surface area contributed by atoms with Crippen LogP contribution in [0.4, 0.5) is 0 Å². The summed E-state index contributed by atoms with van der Waals surface area (Å²) in [5.41, 5.74) is 7.61. The molecule has 3 nitrogen and oxygen atoms in total. The summed E-state index contributed by atoms with van der Waals surface area (Å²) < 4.78 is 0. The molecule has 21 heavy (non-hydrogen) atoms. The van der Waals surface area contributed by atoms with Crippen LogP contribution in [0.2, 0.25) is 5.02 Å². The van der Waals surface area contributed by atoms with Gasteiger partial charge in [-0.25, -0.2) is 0 Å². The molecule has 2 rings (SSSR count). The number of aryl methyl sites for hydroxylation is 1. The normalized spacial score (nSPS) is 22.1. The molecule has 0 saturated heterocycles. The van der Waals surface area contributed by atoms with Crippen molar-refractivity contribution in [2.24, 2.45) is 11.7 Å². The van der Waals surface area contributed by atoms with Crippen LogP contribution < -0.4 is 5.73 Å². The van der Waals surface area contributed by atoms with Crippen molar-refractivity contribution in [3.8, 4) is 0 Å². The van der Waals surface area contributed by atoms with Crippen LogP contribution in [0.25, 0.3) is 0 Å². The first kappa shape index (κ1) is 16.3. The van der Waals surface area contributed by atoms with Crippen LogP contribution in [-0.4, -0.2) is 29.9 Å². The lowest BCUT2D eigenvalue weighted by Crippen LogP contribution is -2.48. The van der Waals surface area contributed by atoms with Crippen molar-refractivity contribution in [2.75, 3.05) is 13.1 Å². The van der Waals surface area contributed by atoms with E-state index in [0.29, 0.717) is 29.6 Å². The Morgan fingerprint density at radius 1 is 1.38 bits per heavy atom. The zero-order valence-electron chi connectivity index (χ0n) is 12.9. The van der Waals surface area contributed by atoms with E-state index in [-0.39, 0.29) is 11.9 Å². The Hall–Kier alpha value is -1.06. The summed E-state index contributed by atoms with van der Waals surface area (Å²) in [6.45, 7) is 5.37. The molecule has 1 aromatic carbocycles. The van der Waals surface area contributed by atoms with Gasteiger partial charge in [-0.3, -0.25) is 4.79 Å². The lowest BCUT2D eigenvalue weighted by atomic mass is 9.83. The fourth-order valence-electron chi connectivity index (χ4n) is 3.38. The van der Waals surface area contributed by atoms with Gasteiger partial charge in [0.05, 0.1) is 0 Å². The van der Waals surface area contributed by atoms with Crippen molar-refractivity contribution in [3.63, 3.8) is 0 Å². The van der Waals surface area contributed by atoms with Crippen molar-refractivity contribution in [3.05, 3.63) is 34.3 Å². The standard InChI is InChI=1S/C17H25ClN2O/c1-3-20(16-7-5-4-6-13(16)11-19)17(21)15-10-14(18)9-8-12(15)2/h8-10,13,16H,3-7,11,19H2,1-2H3. The van der Waals surface area contributed by atoms with Gasteiger partial charge in [-0.15, -0.1) is 0 Å². The number of hydrogen-bond donors (Lipinski definition) is 1. The molecule has 0 radical (unpaired) electrons. The van der Waals surface area contributed by atoms with Crippen molar-refractivity contribution >= 4 is 17.5 Å². The van der Waals surface area contributed by atoms with Gasteiger partial charge in [-0.2, -0.15) is 0 Å². The average molecular weight is 309 g/mol. The smallest absolute Gasteiger partial charge is 0.254 e. The fraction of sp³-hybridized carbons (Fsp3) is 0.588. The Morgan fingerprint density at radius 3 is 2.76 bits per heavy atom. The van der Waals surface area contributed by atoms with E-state index in [1.165, 1.54) is 12.8 Å². The molecule has 0 heterocycles. The first-order chi connectivity index (χ1) is 10.1.